The van der Waals surface area contributed by atoms with Gasteiger partial charge in [0.25, 0.3) is 11.8 Å². The maximum atomic E-state index is 12.7. The van der Waals surface area contributed by atoms with E-state index in [1.165, 1.54) is 16.2 Å². The Hall–Kier alpha value is -1.92. The number of nitrogens with zero attached hydrogens (tertiary/aromatic N) is 2. The number of alkyl halides is 1. The smallest absolute Gasteiger partial charge is 0.265 e. The first-order valence-electron chi connectivity index (χ1n) is 9.38. The molecule has 144 valence electrons. The van der Waals surface area contributed by atoms with Gasteiger partial charge in [0, 0.05) is 31.2 Å². The van der Waals surface area contributed by atoms with Crippen molar-refractivity contribution in [2.45, 2.75) is 32.6 Å². The summed E-state index contributed by atoms with van der Waals surface area (Å²) in [5.74, 6) is -0.0904. The quantitative estimate of drug-likeness (QED) is 0.328. The molecule has 3 rings (SSSR count). The number of nitrogens with one attached hydrogen (secondary N) is 1. The zero-order chi connectivity index (χ0) is 19.4. The normalized spacial score (nSPS) is 18.3. The van der Waals surface area contributed by atoms with Gasteiger partial charge < -0.3 is 4.90 Å². The third-order valence-electron chi connectivity index (χ3n) is 4.89. The van der Waals surface area contributed by atoms with Gasteiger partial charge in [-0.3, -0.25) is 19.8 Å². The van der Waals surface area contributed by atoms with E-state index in [1.807, 2.05) is 13.0 Å². The minimum absolute atomic E-state index is 0.136. The summed E-state index contributed by atoms with van der Waals surface area (Å²) < 4.78 is 0. The van der Waals surface area contributed by atoms with Crippen LogP contribution in [0.4, 0.5) is 5.69 Å². The zero-order valence-corrected chi connectivity index (χ0v) is 17.0. The number of fused-ring (bicyclic) bond motifs is 1. The number of carbonyl (C=O) groups excluding carboxylic acids is 2. The van der Waals surface area contributed by atoms with E-state index >= 15 is 0 Å². The number of carbonyl (C=O) groups is 2. The van der Waals surface area contributed by atoms with Crippen LogP contribution in [0.3, 0.4) is 0 Å². The average Bonchev–Trinajstić information content (AvgIpc) is 3.05. The molecule has 0 unspecified atom stereocenters. The lowest BCUT2D eigenvalue weighted by molar-refractivity contribution is -0.128. The fourth-order valence-electron chi connectivity index (χ4n) is 3.44. The molecule has 7 heteroatoms. The third kappa shape index (κ3) is 4.33. The van der Waals surface area contributed by atoms with Crippen molar-refractivity contribution < 1.29 is 9.59 Å². The van der Waals surface area contributed by atoms with Crippen molar-refractivity contribution in [2.75, 3.05) is 30.4 Å². The molecule has 2 heterocycles. The summed E-state index contributed by atoms with van der Waals surface area (Å²) in [4.78, 5) is 28.9. The van der Waals surface area contributed by atoms with Gasteiger partial charge >= 0.3 is 0 Å². The zero-order valence-electron chi connectivity index (χ0n) is 15.5. The molecule has 1 N–H and O–H groups in total. The Labute approximate surface area is 170 Å². The first kappa shape index (κ1) is 19.8. The van der Waals surface area contributed by atoms with E-state index in [0.29, 0.717) is 12.4 Å². The molecule has 2 aliphatic rings. The van der Waals surface area contributed by atoms with Crippen molar-refractivity contribution in [1.82, 2.24) is 10.2 Å². The number of hydrogen-bond acceptors (Lipinski definition) is 4. The maximum absolute atomic E-state index is 12.7. The van der Waals surface area contributed by atoms with Crippen LogP contribution < -0.4 is 10.2 Å². The van der Waals surface area contributed by atoms with Gasteiger partial charge in [-0.2, -0.15) is 0 Å². The monoisotopic (exact) mass is 405 g/mol. The van der Waals surface area contributed by atoms with Gasteiger partial charge in [0.1, 0.15) is 5.57 Å². The van der Waals surface area contributed by atoms with Crippen LogP contribution in [0.2, 0.25) is 0 Å². The first-order chi connectivity index (χ1) is 13.0. The second-order valence-electron chi connectivity index (χ2n) is 6.80. The molecule has 0 aromatic heterocycles. The minimum Gasteiger partial charge on any atom is -0.371 e. The average molecular weight is 406 g/mol. The Kier molecular flexibility index (Phi) is 6.50. The van der Waals surface area contributed by atoms with Crippen LogP contribution in [0.25, 0.3) is 6.08 Å². The SMILES string of the molecule is CCCCN1C(=O)/C(=C\c2ccc3c(c2)CCN3CCCCl)C(=O)NC1=S. The molecule has 0 radical (unpaired) electrons. The van der Waals surface area contributed by atoms with E-state index in [2.05, 4.69) is 22.3 Å². The van der Waals surface area contributed by atoms with Crippen LogP contribution in [0, 0.1) is 0 Å². The highest BCUT2D eigenvalue weighted by Gasteiger charge is 2.33. The lowest BCUT2D eigenvalue weighted by atomic mass is 10.0. The molecular weight excluding hydrogens is 382 g/mol. The van der Waals surface area contributed by atoms with E-state index in [9.17, 15) is 9.59 Å². The molecule has 0 saturated carbocycles. The number of benzene rings is 1. The van der Waals surface area contributed by atoms with Crippen molar-refractivity contribution >= 4 is 52.5 Å². The van der Waals surface area contributed by atoms with E-state index < -0.39 is 5.91 Å². The molecule has 27 heavy (non-hydrogen) atoms. The summed E-state index contributed by atoms with van der Waals surface area (Å²) in [5.41, 5.74) is 3.44. The molecule has 1 aromatic rings. The minimum atomic E-state index is -0.429. The Morgan fingerprint density at radius 3 is 2.81 bits per heavy atom. The van der Waals surface area contributed by atoms with Crippen molar-refractivity contribution in [3.05, 3.63) is 34.9 Å². The summed E-state index contributed by atoms with van der Waals surface area (Å²) in [6.07, 6.45) is 5.37. The third-order valence-corrected chi connectivity index (χ3v) is 5.48. The molecule has 2 amide bonds. The van der Waals surface area contributed by atoms with Gasteiger partial charge in [-0.25, -0.2) is 0 Å². The topological polar surface area (TPSA) is 52.7 Å². The highest BCUT2D eigenvalue weighted by atomic mass is 35.5. The van der Waals surface area contributed by atoms with E-state index in [1.54, 1.807) is 6.08 Å². The maximum Gasteiger partial charge on any atom is 0.265 e. The molecule has 1 fully saturated rings. The lowest BCUT2D eigenvalue weighted by Crippen LogP contribution is -2.54. The molecule has 2 aliphatic heterocycles. The summed E-state index contributed by atoms with van der Waals surface area (Å²) in [6, 6.07) is 6.08. The fourth-order valence-corrected chi connectivity index (χ4v) is 3.83. The van der Waals surface area contributed by atoms with E-state index in [-0.39, 0.29) is 16.6 Å². The Morgan fingerprint density at radius 2 is 2.07 bits per heavy atom. The molecule has 0 bridgehead atoms. The number of anilines is 1. The Bertz CT molecular complexity index is 793. The Morgan fingerprint density at radius 1 is 1.26 bits per heavy atom. The summed E-state index contributed by atoms with van der Waals surface area (Å²) in [6.45, 7) is 4.49. The summed E-state index contributed by atoms with van der Waals surface area (Å²) in [5, 5.41) is 2.82. The molecule has 1 saturated heterocycles. The van der Waals surface area contributed by atoms with Gasteiger partial charge in [-0.05, 0) is 60.8 Å². The van der Waals surface area contributed by atoms with Gasteiger partial charge in [0.15, 0.2) is 5.11 Å². The number of amides is 2. The van der Waals surface area contributed by atoms with Gasteiger partial charge in [-0.1, -0.05) is 19.4 Å². The van der Waals surface area contributed by atoms with Crippen molar-refractivity contribution in [3.8, 4) is 0 Å². The van der Waals surface area contributed by atoms with E-state index in [4.69, 9.17) is 23.8 Å². The molecule has 0 aliphatic carbocycles. The van der Waals surface area contributed by atoms with Crippen molar-refractivity contribution in [3.63, 3.8) is 0 Å². The second kappa shape index (κ2) is 8.85. The highest BCUT2D eigenvalue weighted by molar-refractivity contribution is 7.80. The largest absolute Gasteiger partial charge is 0.371 e. The number of halogens is 1. The molecule has 0 atom stereocenters. The number of thiocarbonyl (C=S) groups is 1. The molecular formula is C20H24ClN3O2S. The molecule has 5 nitrogen and oxygen atoms in total. The van der Waals surface area contributed by atoms with Crippen LogP contribution in [0.1, 0.15) is 37.3 Å². The molecule has 0 spiro atoms. The lowest BCUT2D eigenvalue weighted by Gasteiger charge is -2.28. The van der Waals surface area contributed by atoms with Crippen LogP contribution in [0.15, 0.2) is 23.8 Å². The summed E-state index contributed by atoms with van der Waals surface area (Å²) in [7, 11) is 0. The number of unbranched alkanes of at least 4 members (excludes halogenated alkanes) is 1. The van der Waals surface area contributed by atoms with Gasteiger partial charge in [0.05, 0.1) is 0 Å². The van der Waals surface area contributed by atoms with Crippen molar-refractivity contribution in [2.24, 2.45) is 0 Å². The van der Waals surface area contributed by atoms with E-state index in [0.717, 1.165) is 44.3 Å². The van der Waals surface area contributed by atoms with Gasteiger partial charge in [0.2, 0.25) is 0 Å². The van der Waals surface area contributed by atoms with Crippen LogP contribution >= 0.6 is 23.8 Å². The van der Waals surface area contributed by atoms with Gasteiger partial charge in [-0.15, -0.1) is 11.6 Å². The second-order valence-corrected chi connectivity index (χ2v) is 7.56. The highest BCUT2D eigenvalue weighted by Crippen LogP contribution is 2.30. The fraction of sp³-hybridized carbons (Fsp3) is 0.450. The number of hydrogen-bond donors (Lipinski definition) is 1. The standard InChI is InChI=1S/C20H24ClN3O2S/c1-2-3-10-24-19(26)16(18(25)22-20(24)27)13-14-5-6-17-15(12-14)7-11-23(17)9-4-8-21/h5-6,12-13H,2-4,7-11H2,1H3,(H,22,25,27)/b16-13-. The summed E-state index contributed by atoms with van der Waals surface area (Å²) >= 11 is 11.0. The molecule has 1 aromatic carbocycles. The first-order valence-corrected chi connectivity index (χ1v) is 10.3. The van der Waals surface area contributed by atoms with Crippen molar-refractivity contribution in [1.29, 1.82) is 0 Å². The van der Waals surface area contributed by atoms with Crippen LogP contribution in [-0.2, 0) is 16.0 Å². The van der Waals surface area contributed by atoms with Crippen LogP contribution in [0.5, 0.6) is 0 Å². The predicted molar refractivity (Wildman–Crippen MR) is 113 cm³/mol. The predicted octanol–water partition coefficient (Wildman–Crippen LogP) is 3.10. The Balaban J connectivity index is 1.82. The van der Waals surface area contributed by atoms with Crippen LogP contribution in [-0.4, -0.2) is 47.3 Å². The number of rotatable bonds is 7.